The van der Waals surface area contributed by atoms with Crippen LogP contribution in [0, 0.1) is 13.8 Å². The largest absolute Gasteiger partial charge is 0.348 e. The van der Waals surface area contributed by atoms with E-state index in [0.29, 0.717) is 6.54 Å². The molecule has 0 aliphatic carbocycles. The van der Waals surface area contributed by atoms with Gasteiger partial charge < -0.3 is 11.1 Å². The molecule has 0 aliphatic rings. The highest BCUT2D eigenvalue weighted by atomic mass is 35.5. The third-order valence-corrected chi connectivity index (χ3v) is 3.38. The lowest BCUT2D eigenvalue weighted by atomic mass is 10.0. The second-order valence-corrected chi connectivity index (χ2v) is 4.80. The molecule has 0 bridgehead atoms. The summed E-state index contributed by atoms with van der Waals surface area (Å²) in [5.74, 6) is -0.0113. The van der Waals surface area contributed by atoms with Crippen molar-refractivity contribution in [2.45, 2.75) is 46.1 Å². The summed E-state index contributed by atoms with van der Waals surface area (Å²) in [7, 11) is 0. The maximum absolute atomic E-state index is 12.2. The summed E-state index contributed by atoms with van der Waals surface area (Å²) in [6.45, 7) is 6.63. The van der Waals surface area contributed by atoms with Gasteiger partial charge in [-0.05, 0) is 37.5 Å². The van der Waals surface area contributed by atoms with Crippen molar-refractivity contribution < 1.29 is 4.79 Å². The molecular formula is C15H25ClN2O. The van der Waals surface area contributed by atoms with E-state index < -0.39 is 0 Å². The molecule has 1 aromatic rings. The Bertz CT molecular complexity index is 407. The first-order valence-electron chi connectivity index (χ1n) is 6.67. The predicted octanol–water partition coefficient (Wildman–Crippen LogP) is 2.97. The van der Waals surface area contributed by atoms with Gasteiger partial charge in [0, 0.05) is 18.2 Å². The van der Waals surface area contributed by atoms with E-state index in [-0.39, 0.29) is 24.4 Å². The number of amides is 1. The number of nitrogens with two attached hydrogens (primary N) is 1. The fourth-order valence-electron chi connectivity index (χ4n) is 1.96. The summed E-state index contributed by atoms with van der Waals surface area (Å²) in [4.78, 5) is 12.2. The minimum atomic E-state index is -0.0113. The van der Waals surface area contributed by atoms with E-state index in [9.17, 15) is 4.79 Å². The second kappa shape index (κ2) is 8.94. The molecule has 1 unspecified atom stereocenters. The van der Waals surface area contributed by atoms with Gasteiger partial charge in [-0.3, -0.25) is 4.79 Å². The van der Waals surface area contributed by atoms with E-state index in [2.05, 4.69) is 12.2 Å². The number of aryl methyl sites for hydroxylation is 1. The first-order valence-corrected chi connectivity index (χ1v) is 6.67. The lowest BCUT2D eigenvalue weighted by Crippen LogP contribution is -2.40. The van der Waals surface area contributed by atoms with Crippen LogP contribution in [0.4, 0.5) is 0 Å². The summed E-state index contributed by atoms with van der Waals surface area (Å²) in [5.41, 5.74) is 8.63. The molecular weight excluding hydrogens is 260 g/mol. The van der Waals surface area contributed by atoms with Crippen LogP contribution in [0.2, 0.25) is 0 Å². The highest BCUT2D eigenvalue weighted by Gasteiger charge is 2.14. The van der Waals surface area contributed by atoms with Crippen molar-refractivity contribution in [3.05, 3.63) is 34.9 Å². The number of hydrogen-bond acceptors (Lipinski definition) is 2. The molecule has 0 aromatic heterocycles. The standard InChI is InChI=1S/C15H24N2O.ClH/c1-4-5-8-13(10-16)17-15(18)14-9-6-7-11(2)12(14)3;/h6-7,9,13H,4-5,8,10,16H2,1-3H3,(H,17,18);1H. The Kier molecular flexibility index (Phi) is 8.44. The average molecular weight is 285 g/mol. The number of halogens is 1. The normalized spacial score (nSPS) is 11.6. The molecule has 0 aliphatic heterocycles. The lowest BCUT2D eigenvalue weighted by Gasteiger charge is -2.17. The van der Waals surface area contributed by atoms with Gasteiger partial charge in [0.15, 0.2) is 0 Å². The van der Waals surface area contributed by atoms with Crippen molar-refractivity contribution >= 4 is 18.3 Å². The summed E-state index contributed by atoms with van der Waals surface area (Å²) in [5, 5.41) is 3.02. The van der Waals surface area contributed by atoms with Crippen LogP contribution in [0.25, 0.3) is 0 Å². The zero-order valence-electron chi connectivity index (χ0n) is 12.0. The third-order valence-electron chi connectivity index (χ3n) is 3.38. The monoisotopic (exact) mass is 284 g/mol. The molecule has 108 valence electrons. The van der Waals surface area contributed by atoms with E-state index in [1.807, 2.05) is 32.0 Å². The molecule has 0 radical (unpaired) electrons. The van der Waals surface area contributed by atoms with Crippen molar-refractivity contribution in [3.63, 3.8) is 0 Å². The number of benzene rings is 1. The zero-order valence-corrected chi connectivity index (χ0v) is 12.8. The fourth-order valence-corrected chi connectivity index (χ4v) is 1.96. The van der Waals surface area contributed by atoms with E-state index in [1.165, 1.54) is 0 Å². The Hall–Kier alpha value is -1.06. The molecule has 4 heteroatoms. The van der Waals surface area contributed by atoms with Gasteiger partial charge in [0.25, 0.3) is 5.91 Å². The van der Waals surface area contributed by atoms with Crippen molar-refractivity contribution in [2.24, 2.45) is 5.73 Å². The summed E-state index contributed by atoms with van der Waals surface area (Å²) < 4.78 is 0. The van der Waals surface area contributed by atoms with Gasteiger partial charge in [-0.1, -0.05) is 31.9 Å². The molecule has 0 fully saturated rings. The highest BCUT2D eigenvalue weighted by Crippen LogP contribution is 2.13. The second-order valence-electron chi connectivity index (χ2n) is 4.80. The smallest absolute Gasteiger partial charge is 0.251 e. The first kappa shape index (κ1) is 17.9. The lowest BCUT2D eigenvalue weighted by molar-refractivity contribution is 0.0935. The van der Waals surface area contributed by atoms with Gasteiger partial charge in [0.2, 0.25) is 0 Å². The summed E-state index contributed by atoms with van der Waals surface area (Å²) in [6, 6.07) is 5.88. The SMILES string of the molecule is CCCCC(CN)NC(=O)c1cccc(C)c1C.Cl. The van der Waals surface area contributed by atoms with Crippen LogP contribution in [0.3, 0.4) is 0 Å². The topological polar surface area (TPSA) is 55.1 Å². The van der Waals surface area contributed by atoms with Gasteiger partial charge in [-0.2, -0.15) is 0 Å². The molecule has 1 aromatic carbocycles. The molecule has 3 nitrogen and oxygen atoms in total. The summed E-state index contributed by atoms with van der Waals surface area (Å²) in [6.07, 6.45) is 3.16. The number of nitrogens with one attached hydrogen (secondary N) is 1. The van der Waals surface area contributed by atoms with Crippen LogP contribution in [0.5, 0.6) is 0 Å². The predicted molar refractivity (Wildman–Crippen MR) is 83.0 cm³/mol. The summed E-state index contributed by atoms with van der Waals surface area (Å²) >= 11 is 0. The van der Waals surface area contributed by atoms with Crippen molar-refractivity contribution in [1.82, 2.24) is 5.32 Å². The molecule has 0 saturated carbocycles. The van der Waals surface area contributed by atoms with Gasteiger partial charge in [0.05, 0.1) is 0 Å². The molecule has 3 N–H and O–H groups in total. The minimum Gasteiger partial charge on any atom is -0.348 e. The van der Waals surface area contributed by atoms with Crippen molar-refractivity contribution in [2.75, 3.05) is 6.54 Å². The van der Waals surface area contributed by atoms with Crippen LogP contribution in [-0.2, 0) is 0 Å². The number of carbonyl (C=O) groups excluding carboxylic acids is 1. The van der Waals surface area contributed by atoms with Gasteiger partial charge in [0.1, 0.15) is 0 Å². The van der Waals surface area contributed by atoms with Crippen molar-refractivity contribution in [1.29, 1.82) is 0 Å². The van der Waals surface area contributed by atoms with E-state index >= 15 is 0 Å². The average Bonchev–Trinajstić information content (AvgIpc) is 2.37. The van der Waals surface area contributed by atoms with Gasteiger partial charge in [-0.15, -0.1) is 12.4 Å². The van der Waals surface area contributed by atoms with Gasteiger partial charge in [-0.25, -0.2) is 0 Å². The van der Waals surface area contributed by atoms with E-state index in [0.717, 1.165) is 36.0 Å². The van der Waals surface area contributed by atoms with Crippen LogP contribution in [0.15, 0.2) is 18.2 Å². The number of unbranched alkanes of at least 4 members (excludes halogenated alkanes) is 1. The van der Waals surface area contributed by atoms with Crippen LogP contribution >= 0.6 is 12.4 Å². The molecule has 1 atom stereocenters. The van der Waals surface area contributed by atoms with Gasteiger partial charge >= 0.3 is 0 Å². The highest BCUT2D eigenvalue weighted by molar-refractivity contribution is 5.96. The Balaban J connectivity index is 0.00000324. The molecule has 0 saturated heterocycles. The van der Waals surface area contributed by atoms with Crippen LogP contribution < -0.4 is 11.1 Å². The maximum Gasteiger partial charge on any atom is 0.251 e. The minimum absolute atomic E-state index is 0. The Labute approximate surface area is 122 Å². The van der Waals surface area contributed by atoms with Crippen molar-refractivity contribution in [3.8, 4) is 0 Å². The van der Waals surface area contributed by atoms with E-state index in [1.54, 1.807) is 0 Å². The van der Waals surface area contributed by atoms with Crippen LogP contribution in [-0.4, -0.2) is 18.5 Å². The Morgan fingerprint density at radius 3 is 2.63 bits per heavy atom. The molecule has 19 heavy (non-hydrogen) atoms. The first-order chi connectivity index (χ1) is 8.60. The fraction of sp³-hybridized carbons (Fsp3) is 0.533. The quantitative estimate of drug-likeness (QED) is 0.844. The maximum atomic E-state index is 12.2. The number of rotatable bonds is 6. The molecule has 1 rings (SSSR count). The molecule has 0 heterocycles. The zero-order chi connectivity index (χ0) is 13.5. The third kappa shape index (κ3) is 5.21. The molecule has 0 spiro atoms. The number of carbonyl (C=O) groups is 1. The Morgan fingerprint density at radius 2 is 2.05 bits per heavy atom. The van der Waals surface area contributed by atoms with Crippen LogP contribution in [0.1, 0.15) is 47.7 Å². The molecule has 1 amide bonds. The van der Waals surface area contributed by atoms with E-state index in [4.69, 9.17) is 5.73 Å². The number of hydrogen-bond donors (Lipinski definition) is 2. The Morgan fingerprint density at radius 1 is 1.37 bits per heavy atom.